The second kappa shape index (κ2) is 5.23. The van der Waals surface area contributed by atoms with Gasteiger partial charge in [0.05, 0.1) is 12.7 Å². The van der Waals surface area contributed by atoms with Crippen molar-refractivity contribution in [1.82, 2.24) is 0 Å². The predicted octanol–water partition coefficient (Wildman–Crippen LogP) is 3.39. The molecule has 0 unspecified atom stereocenters. The molecule has 0 heterocycles. The molecule has 0 bridgehead atoms. The van der Waals surface area contributed by atoms with Crippen LogP contribution in [0, 0.1) is 0 Å². The van der Waals surface area contributed by atoms with Crippen molar-refractivity contribution >= 4 is 21.7 Å². The van der Waals surface area contributed by atoms with Gasteiger partial charge in [-0.25, -0.2) is 0 Å². The Bertz CT molecular complexity index is 593. The summed E-state index contributed by atoms with van der Waals surface area (Å²) in [6, 6.07) is 11.5. The highest BCUT2D eigenvalue weighted by Crippen LogP contribution is 2.26. The van der Waals surface area contributed by atoms with E-state index in [1.807, 2.05) is 0 Å². The highest BCUT2D eigenvalue weighted by atomic mass is 79.9. The summed E-state index contributed by atoms with van der Waals surface area (Å²) in [6.45, 7) is 0. The third kappa shape index (κ3) is 2.54. The Morgan fingerprint density at radius 3 is 2.67 bits per heavy atom. The topological polar surface area (TPSA) is 46.5 Å². The number of phenols is 1. The minimum absolute atomic E-state index is 0.0646. The Hall–Kier alpha value is -1.81. The van der Waals surface area contributed by atoms with Crippen LogP contribution in [-0.2, 0) is 0 Å². The van der Waals surface area contributed by atoms with Crippen LogP contribution in [0.25, 0.3) is 0 Å². The van der Waals surface area contributed by atoms with Crippen molar-refractivity contribution in [3.05, 3.63) is 58.1 Å². The predicted molar refractivity (Wildman–Crippen MR) is 72.2 cm³/mol. The van der Waals surface area contributed by atoms with Gasteiger partial charge in [0.25, 0.3) is 0 Å². The van der Waals surface area contributed by atoms with Crippen LogP contribution in [0.2, 0.25) is 0 Å². The van der Waals surface area contributed by atoms with Crippen LogP contribution in [0.3, 0.4) is 0 Å². The lowest BCUT2D eigenvalue weighted by Gasteiger charge is -2.08. The van der Waals surface area contributed by atoms with Crippen molar-refractivity contribution in [1.29, 1.82) is 0 Å². The number of methoxy groups -OCH3 is 1. The van der Waals surface area contributed by atoms with Gasteiger partial charge in [-0.2, -0.15) is 0 Å². The summed E-state index contributed by atoms with van der Waals surface area (Å²) < 4.78 is 5.97. The van der Waals surface area contributed by atoms with Crippen molar-refractivity contribution < 1.29 is 14.6 Å². The minimum atomic E-state index is -0.191. The molecule has 2 aromatic rings. The Labute approximate surface area is 113 Å². The number of halogens is 1. The zero-order valence-electron chi connectivity index (χ0n) is 9.68. The number of carbonyl (C=O) groups is 1. The average molecular weight is 307 g/mol. The van der Waals surface area contributed by atoms with Gasteiger partial charge < -0.3 is 9.84 Å². The molecule has 0 aliphatic heterocycles. The molecule has 0 saturated heterocycles. The normalized spacial score (nSPS) is 10.1. The van der Waals surface area contributed by atoms with Crippen LogP contribution in [0.15, 0.2) is 46.9 Å². The molecular weight excluding hydrogens is 296 g/mol. The first-order chi connectivity index (χ1) is 8.61. The van der Waals surface area contributed by atoms with Gasteiger partial charge in [-0.3, -0.25) is 4.79 Å². The zero-order valence-corrected chi connectivity index (χ0v) is 11.3. The Morgan fingerprint density at radius 1 is 1.22 bits per heavy atom. The fourth-order valence-electron chi connectivity index (χ4n) is 1.66. The van der Waals surface area contributed by atoms with Crippen LogP contribution in [0.4, 0.5) is 0 Å². The molecule has 0 radical (unpaired) electrons. The third-order valence-corrected chi connectivity index (χ3v) is 3.01. The SMILES string of the molecule is COc1ccc(Br)cc1C(=O)c1cccc(O)c1. The van der Waals surface area contributed by atoms with Crippen LogP contribution >= 0.6 is 15.9 Å². The lowest BCUT2D eigenvalue weighted by atomic mass is 10.0. The molecule has 4 heteroatoms. The first kappa shape index (κ1) is 12.6. The van der Waals surface area contributed by atoms with Gasteiger partial charge in [-0.15, -0.1) is 0 Å². The molecule has 0 spiro atoms. The Balaban J connectivity index is 2.48. The number of carbonyl (C=O) groups excluding carboxylic acids is 1. The fourth-order valence-corrected chi connectivity index (χ4v) is 2.02. The summed E-state index contributed by atoms with van der Waals surface area (Å²) in [7, 11) is 1.52. The first-order valence-corrected chi connectivity index (χ1v) is 6.08. The molecule has 3 nitrogen and oxygen atoms in total. The molecule has 0 atom stereocenters. The molecule has 92 valence electrons. The van der Waals surface area contributed by atoms with E-state index in [9.17, 15) is 9.90 Å². The third-order valence-electron chi connectivity index (χ3n) is 2.51. The molecule has 0 aliphatic carbocycles. The minimum Gasteiger partial charge on any atom is -0.508 e. The van der Waals surface area contributed by atoms with Crippen molar-refractivity contribution in [2.24, 2.45) is 0 Å². The maximum absolute atomic E-state index is 12.3. The Kier molecular flexibility index (Phi) is 3.67. The second-order valence-corrected chi connectivity index (χ2v) is 4.64. The van der Waals surface area contributed by atoms with E-state index in [1.165, 1.54) is 19.2 Å². The van der Waals surface area contributed by atoms with Gasteiger partial charge in [0.15, 0.2) is 5.78 Å². The quantitative estimate of drug-likeness (QED) is 0.884. The van der Waals surface area contributed by atoms with Gasteiger partial charge in [-0.05, 0) is 30.3 Å². The highest BCUT2D eigenvalue weighted by Gasteiger charge is 2.15. The van der Waals surface area contributed by atoms with E-state index in [1.54, 1.807) is 30.3 Å². The number of ether oxygens (including phenoxy) is 1. The number of phenolic OH excluding ortho intramolecular Hbond substituents is 1. The summed E-state index contributed by atoms with van der Waals surface area (Å²) in [5.74, 6) is 0.380. The van der Waals surface area contributed by atoms with Gasteiger partial charge in [0.1, 0.15) is 11.5 Å². The second-order valence-electron chi connectivity index (χ2n) is 3.72. The van der Waals surface area contributed by atoms with Gasteiger partial charge >= 0.3 is 0 Å². The van der Waals surface area contributed by atoms with E-state index >= 15 is 0 Å². The molecule has 0 saturated carbocycles. The largest absolute Gasteiger partial charge is 0.508 e. The Morgan fingerprint density at radius 2 is 2.00 bits per heavy atom. The molecule has 18 heavy (non-hydrogen) atoms. The van der Waals surface area contributed by atoms with Crippen LogP contribution in [0.5, 0.6) is 11.5 Å². The van der Waals surface area contributed by atoms with E-state index in [0.717, 1.165) is 4.47 Å². The van der Waals surface area contributed by atoms with Gasteiger partial charge in [0, 0.05) is 10.0 Å². The summed E-state index contributed by atoms with van der Waals surface area (Å²) in [6.07, 6.45) is 0. The molecule has 2 aromatic carbocycles. The van der Waals surface area contributed by atoms with E-state index < -0.39 is 0 Å². The molecule has 0 aromatic heterocycles. The number of rotatable bonds is 3. The van der Waals surface area contributed by atoms with Gasteiger partial charge in [-0.1, -0.05) is 28.1 Å². The van der Waals surface area contributed by atoms with Crippen molar-refractivity contribution in [3.63, 3.8) is 0 Å². The van der Waals surface area contributed by atoms with E-state index in [2.05, 4.69) is 15.9 Å². The maximum Gasteiger partial charge on any atom is 0.196 e. The molecule has 0 amide bonds. The highest BCUT2D eigenvalue weighted by molar-refractivity contribution is 9.10. The van der Waals surface area contributed by atoms with E-state index in [-0.39, 0.29) is 11.5 Å². The number of hydrogen-bond acceptors (Lipinski definition) is 3. The van der Waals surface area contributed by atoms with Crippen LogP contribution in [0.1, 0.15) is 15.9 Å². The number of ketones is 1. The van der Waals surface area contributed by atoms with Crippen LogP contribution < -0.4 is 4.74 Å². The fraction of sp³-hybridized carbons (Fsp3) is 0.0714. The lowest BCUT2D eigenvalue weighted by Crippen LogP contribution is -2.03. The standard InChI is InChI=1S/C14H11BrO3/c1-18-13-6-5-10(15)8-12(13)14(17)9-3-2-4-11(16)7-9/h2-8,16H,1H3. The monoisotopic (exact) mass is 306 g/mol. The first-order valence-electron chi connectivity index (χ1n) is 5.29. The molecule has 1 N–H and O–H groups in total. The summed E-state index contributed by atoms with van der Waals surface area (Å²) in [4.78, 5) is 12.3. The van der Waals surface area contributed by atoms with E-state index in [4.69, 9.17) is 4.74 Å². The molecule has 2 rings (SSSR count). The summed E-state index contributed by atoms with van der Waals surface area (Å²) >= 11 is 3.32. The van der Waals surface area contributed by atoms with Crippen LogP contribution in [-0.4, -0.2) is 18.0 Å². The summed E-state index contributed by atoms with van der Waals surface area (Å²) in [5, 5.41) is 9.40. The zero-order chi connectivity index (χ0) is 13.1. The summed E-state index contributed by atoms with van der Waals surface area (Å²) in [5.41, 5.74) is 0.879. The molecule has 0 aliphatic rings. The van der Waals surface area contributed by atoms with Crippen molar-refractivity contribution in [2.45, 2.75) is 0 Å². The van der Waals surface area contributed by atoms with E-state index in [0.29, 0.717) is 16.9 Å². The number of aromatic hydroxyl groups is 1. The smallest absolute Gasteiger partial charge is 0.196 e. The number of benzene rings is 2. The molecule has 0 fully saturated rings. The lowest BCUT2D eigenvalue weighted by molar-refractivity contribution is 0.103. The molecular formula is C14H11BrO3. The average Bonchev–Trinajstić information content (AvgIpc) is 2.38. The maximum atomic E-state index is 12.3. The van der Waals surface area contributed by atoms with Crippen molar-refractivity contribution in [3.8, 4) is 11.5 Å². The number of hydrogen-bond donors (Lipinski definition) is 1. The van der Waals surface area contributed by atoms with Gasteiger partial charge in [0.2, 0.25) is 0 Å². The van der Waals surface area contributed by atoms with Crippen molar-refractivity contribution in [2.75, 3.05) is 7.11 Å².